The lowest BCUT2D eigenvalue weighted by Crippen LogP contribution is -2.43. The summed E-state index contributed by atoms with van der Waals surface area (Å²) in [6.45, 7) is 6.80. The number of piperidine rings is 1. The lowest BCUT2D eigenvalue weighted by atomic mass is 9.99. The normalized spacial score (nSPS) is 25.5. The molecule has 5 nitrogen and oxygen atoms in total. The second-order valence-corrected chi connectivity index (χ2v) is 5.51. The van der Waals surface area contributed by atoms with Gasteiger partial charge in [-0.3, -0.25) is 4.79 Å². The monoisotopic (exact) mass is 270 g/mol. The van der Waals surface area contributed by atoms with Gasteiger partial charge in [-0.05, 0) is 25.3 Å². The molecular formula is C14H26N2O3. The van der Waals surface area contributed by atoms with Crippen molar-refractivity contribution >= 4 is 5.91 Å². The molecule has 2 fully saturated rings. The Kier molecular flexibility index (Phi) is 6.07. The molecule has 0 bridgehead atoms. The Balaban J connectivity index is 1.67. The largest absolute Gasteiger partial charge is 0.384 e. The van der Waals surface area contributed by atoms with E-state index in [2.05, 4.69) is 4.90 Å². The van der Waals surface area contributed by atoms with Gasteiger partial charge in [0.2, 0.25) is 5.91 Å². The molecule has 0 aromatic rings. The summed E-state index contributed by atoms with van der Waals surface area (Å²) in [6.07, 6.45) is 3.11. The zero-order valence-electron chi connectivity index (χ0n) is 12.0. The topological polar surface area (TPSA) is 42.0 Å². The van der Waals surface area contributed by atoms with Gasteiger partial charge in [-0.15, -0.1) is 0 Å². The standard InChI is InChI=1S/C14H26N2O3/c1-18-12-13-3-2-5-15(11-13)6-4-14(17)16-7-9-19-10-8-16/h13H,2-12H2,1H3. The summed E-state index contributed by atoms with van der Waals surface area (Å²) in [5, 5.41) is 0. The van der Waals surface area contributed by atoms with E-state index >= 15 is 0 Å². The zero-order valence-corrected chi connectivity index (χ0v) is 12.0. The number of amides is 1. The molecule has 0 N–H and O–H groups in total. The Bertz CT molecular complexity index is 278. The van der Waals surface area contributed by atoms with Crippen molar-refractivity contribution in [2.45, 2.75) is 19.3 Å². The molecule has 0 aromatic heterocycles. The lowest BCUT2D eigenvalue weighted by Gasteiger charge is -2.33. The van der Waals surface area contributed by atoms with Gasteiger partial charge >= 0.3 is 0 Å². The van der Waals surface area contributed by atoms with Crippen LogP contribution >= 0.6 is 0 Å². The summed E-state index contributed by atoms with van der Waals surface area (Å²) in [5.41, 5.74) is 0. The van der Waals surface area contributed by atoms with Crippen molar-refractivity contribution in [1.82, 2.24) is 9.80 Å². The molecule has 2 heterocycles. The van der Waals surface area contributed by atoms with E-state index in [0.29, 0.717) is 25.6 Å². The summed E-state index contributed by atoms with van der Waals surface area (Å²) < 4.78 is 10.5. The molecule has 2 aliphatic rings. The van der Waals surface area contributed by atoms with E-state index in [9.17, 15) is 4.79 Å². The van der Waals surface area contributed by atoms with Crippen molar-refractivity contribution in [2.75, 3.05) is 59.7 Å². The molecule has 0 saturated carbocycles. The van der Waals surface area contributed by atoms with Crippen LogP contribution in [-0.4, -0.2) is 75.4 Å². The van der Waals surface area contributed by atoms with Gasteiger partial charge in [-0.2, -0.15) is 0 Å². The van der Waals surface area contributed by atoms with Gasteiger partial charge in [0.05, 0.1) is 19.8 Å². The lowest BCUT2D eigenvalue weighted by molar-refractivity contribution is -0.135. The number of hydrogen-bond donors (Lipinski definition) is 0. The van der Waals surface area contributed by atoms with Gasteiger partial charge in [0.1, 0.15) is 0 Å². The number of nitrogens with zero attached hydrogens (tertiary/aromatic N) is 2. The number of morpholine rings is 1. The minimum Gasteiger partial charge on any atom is -0.384 e. The molecule has 2 saturated heterocycles. The van der Waals surface area contributed by atoms with Crippen molar-refractivity contribution in [3.05, 3.63) is 0 Å². The number of methoxy groups -OCH3 is 1. The van der Waals surface area contributed by atoms with Crippen LogP contribution in [0.4, 0.5) is 0 Å². The van der Waals surface area contributed by atoms with Gasteiger partial charge in [0, 0.05) is 39.7 Å². The second kappa shape index (κ2) is 7.82. The number of ether oxygens (including phenoxy) is 2. The summed E-state index contributed by atoms with van der Waals surface area (Å²) in [6, 6.07) is 0. The average molecular weight is 270 g/mol. The third kappa shape index (κ3) is 4.75. The number of likely N-dealkylation sites (tertiary alicyclic amines) is 1. The molecular weight excluding hydrogens is 244 g/mol. The van der Waals surface area contributed by atoms with Crippen LogP contribution in [0.2, 0.25) is 0 Å². The molecule has 1 atom stereocenters. The van der Waals surface area contributed by atoms with E-state index in [-0.39, 0.29) is 5.91 Å². The van der Waals surface area contributed by atoms with Gasteiger partial charge in [-0.1, -0.05) is 0 Å². The third-order valence-corrected chi connectivity index (χ3v) is 4.01. The van der Waals surface area contributed by atoms with E-state index in [4.69, 9.17) is 9.47 Å². The fourth-order valence-corrected chi connectivity index (χ4v) is 2.95. The van der Waals surface area contributed by atoms with Gasteiger partial charge in [0.15, 0.2) is 0 Å². The molecule has 0 radical (unpaired) electrons. The van der Waals surface area contributed by atoms with Crippen molar-refractivity contribution in [2.24, 2.45) is 5.92 Å². The molecule has 2 aliphatic heterocycles. The van der Waals surface area contributed by atoms with Gasteiger partial charge in [-0.25, -0.2) is 0 Å². The first-order chi connectivity index (χ1) is 9.29. The summed E-state index contributed by atoms with van der Waals surface area (Å²) >= 11 is 0. The minimum atomic E-state index is 0.275. The maximum atomic E-state index is 12.1. The van der Waals surface area contributed by atoms with E-state index in [0.717, 1.165) is 39.3 Å². The fourth-order valence-electron chi connectivity index (χ4n) is 2.95. The van der Waals surface area contributed by atoms with Gasteiger partial charge in [0.25, 0.3) is 0 Å². The van der Waals surface area contributed by atoms with Crippen LogP contribution in [0, 0.1) is 5.92 Å². The van der Waals surface area contributed by atoms with Crippen LogP contribution in [0.3, 0.4) is 0 Å². The number of rotatable bonds is 5. The molecule has 2 rings (SSSR count). The summed E-state index contributed by atoms with van der Waals surface area (Å²) in [5.74, 6) is 0.911. The molecule has 0 spiro atoms. The quantitative estimate of drug-likeness (QED) is 0.733. The van der Waals surface area contributed by atoms with E-state index < -0.39 is 0 Å². The third-order valence-electron chi connectivity index (χ3n) is 4.01. The Hall–Kier alpha value is -0.650. The van der Waals surface area contributed by atoms with Crippen LogP contribution in [0.25, 0.3) is 0 Å². The van der Waals surface area contributed by atoms with E-state index in [1.54, 1.807) is 7.11 Å². The molecule has 5 heteroatoms. The van der Waals surface area contributed by atoms with Crippen LogP contribution in [0.1, 0.15) is 19.3 Å². The number of carbonyl (C=O) groups excluding carboxylic acids is 1. The maximum absolute atomic E-state index is 12.1. The predicted octanol–water partition coefficient (Wildman–Crippen LogP) is 0.594. The van der Waals surface area contributed by atoms with Gasteiger partial charge < -0.3 is 19.3 Å². The van der Waals surface area contributed by atoms with Crippen LogP contribution < -0.4 is 0 Å². The summed E-state index contributed by atoms with van der Waals surface area (Å²) in [7, 11) is 1.76. The minimum absolute atomic E-state index is 0.275. The highest BCUT2D eigenvalue weighted by Crippen LogP contribution is 2.17. The molecule has 0 aromatic carbocycles. The molecule has 1 unspecified atom stereocenters. The highest BCUT2D eigenvalue weighted by molar-refractivity contribution is 5.76. The van der Waals surface area contributed by atoms with Crippen LogP contribution in [0.5, 0.6) is 0 Å². The molecule has 1 amide bonds. The summed E-state index contributed by atoms with van der Waals surface area (Å²) in [4.78, 5) is 16.4. The first-order valence-electron chi connectivity index (χ1n) is 7.36. The van der Waals surface area contributed by atoms with Crippen LogP contribution in [0.15, 0.2) is 0 Å². The van der Waals surface area contributed by atoms with Crippen molar-refractivity contribution in [1.29, 1.82) is 0 Å². The Labute approximate surface area is 115 Å². The number of carbonyl (C=O) groups is 1. The van der Waals surface area contributed by atoms with Crippen molar-refractivity contribution < 1.29 is 14.3 Å². The maximum Gasteiger partial charge on any atom is 0.224 e. The molecule has 0 aliphatic carbocycles. The smallest absolute Gasteiger partial charge is 0.224 e. The first kappa shape index (κ1) is 14.8. The zero-order chi connectivity index (χ0) is 13.5. The molecule has 19 heavy (non-hydrogen) atoms. The van der Waals surface area contributed by atoms with Crippen molar-refractivity contribution in [3.63, 3.8) is 0 Å². The Morgan fingerprint density at radius 3 is 2.84 bits per heavy atom. The Morgan fingerprint density at radius 1 is 1.32 bits per heavy atom. The highest BCUT2D eigenvalue weighted by Gasteiger charge is 2.22. The Morgan fingerprint density at radius 2 is 2.11 bits per heavy atom. The fraction of sp³-hybridized carbons (Fsp3) is 0.929. The van der Waals surface area contributed by atoms with E-state index in [1.165, 1.54) is 12.8 Å². The van der Waals surface area contributed by atoms with Crippen LogP contribution in [-0.2, 0) is 14.3 Å². The first-order valence-corrected chi connectivity index (χ1v) is 7.36. The predicted molar refractivity (Wildman–Crippen MR) is 73.1 cm³/mol. The van der Waals surface area contributed by atoms with Crippen molar-refractivity contribution in [3.8, 4) is 0 Å². The van der Waals surface area contributed by atoms with E-state index in [1.807, 2.05) is 4.90 Å². The number of hydrogen-bond acceptors (Lipinski definition) is 4. The SMILES string of the molecule is COCC1CCCN(CCC(=O)N2CCOCC2)C1. The molecule has 110 valence electrons. The highest BCUT2D eigenvalue weighted by atomic mass is 16.5. The average Bonchev–Trinajstić information content (AvgIpc) is 2.46. The second-order valence-electron chi connectivity index (χ2n) is 5.51.